The summed E-state index contributed by atoms with van der Waals surface area (Å²) in [6, 6.07) is 5.82. The molecule has 1 aromatic carbocycles. The van der Waals surface area contributed by atoms with Crippen LogP contribution in [-0.2, 0) is 19.7 Å². The second-order valence-electron chi connectivity index (χ2n) is 5.00. The predicted octanol–water partition coefficient (Wildman–Crippen LogP) is 2.73. The van der Waals surface area contributed by atoms with Crippen molar-refractivity contribution in [3.63, 3.8) is 0 Å². The molecule has 0 radical (unpaired) electrons. The van der Waals surface area contributed by atoms with Crippen LogP contribution >= 0.6 is 15.9 Å². The van der Waals surface area contributed by atoms with Gasteiger partial charge in [-0.3, -0.25) is 0 Å². The molecule has 0 fully saturated rings. The van der Waals surface area contributed by atoms with Crippen molar-refractivity contribution in [3.8, 4) is 5.75 Å². The zero-order valence-corrected chi connectivity index (χ0v) is 13.3. The first-order chi connectivity index (χ1) is 9.60. The molecule has 5 nitrogen and oxygen atoms in total. The van der Waals surface area contributed by atoms with Gasteiger partial charge in [-0.2, -0.15) is 5.10 Å². The molecule has 0 saturated carbocycles. The van der Waals surface area contributed by atoms with Crippen LogP contribution in [-0.4, -0.2) is 14.8 Å². The van der Waals surface area contributed by atoms with Crippen molar-refractivity contribution in [2.24, 2.45) is 11.7 Å². The zero-order valence-electron chi connectivity index (χ0n) is 11.7. The van der Waals surface area contributed by atoms with Crippen LogP contribution in [0, 0.1) is 5.92 Å². The molecular weight excluding hydrogens is 320 g/mol. The number of halogens is 1. The van der Waals surface area contributed by atoms with E-state index in [0.717, 1.165) is 28.2 Å². The molecule has 108 valence electrons. The van der Waals surface area contributed by atoms with Gasteiger partial charge in [-0.05, 0) is 24.1 Å². The summed E-state index contributed by atoms with van der Waals surface area (Å²) in [4.78, 5) is 4.24. The molecule has 0 spiro atoms. The van der Waals surface area contributed by atoms with Crippen LogP contribution in [0.2, 0.25) is 0 Å². The minimum Gasteiger partial charge on any atom is -0.485 e. The van der Waals surface area contributed by atoms with Gasteiger partial charge in [0.25, 0.3) is 0 Å². The third-order valence-electron chi connectivity index (χ3n) is 2.83. The van der Waals surface area contributed by atoms with E-state index in [2.05, 4.69) is 39.9 Å². The topological polar surface area (TPSA) is 66.0 Å². The van der Waals surface area contributed by atoms with E-state index >= 15 is 0 Å². The molecule has 0 saturated heterocycles. The SMILES string of the molecule is CC(C)Cn1ncnc1COc1ccc(Br)cc1CN. The Morgan fingerprint density at radius 2 is 2.20 bits per heavy atom. The first-order valence-electron chi connectivity index (χ1n) is 6.58. The quantitative estimate of drug-likeness (QED) is 0.879. The molecular formula is C14H19BrN4O. The summed E-state index contributed by atoms with van der Waals surface area (Å²) in [7, 11) is 0. The minimum atomic E-state index is 0.390. The third-order valence-corrected chi connectivity index (χ3v) is 3.33. The van der Waals surface area contributed by atoms with E-state index in [1.807, 2.05) is 22.9 Å². The number of hydrogen-bond acceptors (Lipinski definition) is 4. The Morgan fingerprint density at radius 3 is 2.90 bits per heavy atom. The molecule has 0 atom stereocenters. The van der Waals surface area contributed by atoms with E-state index in [1.165, 1.54) is 0 Å². The van der Waals surface area contributed by atoms with E-state index in [-0.39, 0.29) is 0 Å². The van der Waals surface area contributed by atoms with E-state index in [9.17, 15) is 0 Å². The maximum atomic E-state index is 5.83. The molecule has 0 aliphatic heterocycles. The summed E-state index contributed by atoms with van der Waals surface area (Å²) in [5.74, 6) is 2.13. The third kappa shape index (κ3) is 3.80. The standard InChI is InChI=1S/C14H19BrN4O/c1-10(2)7-19-14(17-9-18-19)8-20-13-4-3-12(15)5-11(13)6-16/h3-5,9-10H,6-8,16H2,1-2H3. The fourth-order valence-corrected chi connectivity index (χ4v) is 2.30. The van der Waals surface area contributed by atoms with Crippen molar-refractivity contribution in [1.82, 2.24) is 14.8 Å². The second-order valence-corrected chi connectivity index (χ2v) is 5.91. The first kappa shape index (κ1) is 15.0. The molecule has 1 aromatic heterocycles. The summed E-state index contributed by atoms with van der Waals surface area (Å²) in [5, 5.41) is 4.22. The summed E-state index contributed by atoms with van der Waals surface area (Å²) in [6.07, 6.45) is 1.56. The molecule has 2 rings (SSSR count). The number of nitrogens with zero attached hydrogens (tertiary/aromatic N) is 3. The monoisotopic (exact) mass is 338 g/mol. The van der Waals surface area contributed by atoms with Crippen LogP contribution in [0.25, 0.3) is 0 Å². The first-order valence-corrected chi connectivity index (χ1v) is 7.37. The number of benzene rings is 1. The van der Waals surface area contributed by atoms with Crippen molar-refractivity contribution in [2.75, 3.05) is 0 Å². The van der Waals surface area contributed by atoms with Gasteiger partial charge in [-0.1, -0.05) is 29.8 Å². The molecule has 2 N–H and O–H groups in total. The summed E-state index contributed by atoms with van der Waals surface area (Å²) in [6.45, 7) is 5.96. The maximum Gasteiger partial charge on any atom is 0.164 e. The second kappa shape index (κ2) is 6.85. The van der Waals surface area contributed by atoms with Crippen LogP contribution in [0.5, 0.6) is 5.75 Å². The highest BCUT2D eigenvalue weighted by atomic mass is 79.9. The molecule has 2 aromatic rings. The molecule has 0 unspecified atom stereocenters. The van der Waals surface area contributed by atoms with Crippen LogP contribution < -0.4 is 10.5 Å². The highest BCUT2D eigenvalue weighted by Crippen LogP contribution is 2.23. The largest absolute Gasteiger partial charge is 0.485 e. The van der Waals surface area contributed by atoms with Gasteiger partial charge >= 0.3 is 0 Å². The van der Waals surface area contributed by atoms with Crippen molar-refractivity contribution in [2.45, 2.75) is 33.5 Å². The van der Waals surface area contributed by atoms with E-state index in [1.54, 1.807) is 6.33 Å². The van der Waals surface area contributed by atoms with E-state index < -0.39 is 0 Å². The highest BCUT2D eigenvalue weighted by molar-refractivity contribution is 9.10. The molecule has 0 aliphatic carbocycles. The fourth-order valence-electron chi connectivity index (χ4n) is 1.89. The Balaban J connectivity index is 2.07. The van der Waals surface area contributed by atoms with E-state index in [4.69, 9.17) is 10.5 Å². The summed E-state index contributed by atoms with van der Waals surface area (Å²) >= 11 is 3.43. The van der Waals surface area contributed by atoms with Gasteiger partial charge in [0.05, 0.1) is 0 Å². The highest BCUT2D eigenvalue weighted by Gasteiger charge is 2.09. The lowest BCUT2D eigenvalue weighted by atomic mass is 10.2. The number of rotatable bonds is 6. The fraction of sp³-hybridized carbons (Fsp3) is 0.429. The van der Waals surface area contributed by atoms with Gasteiger partial charge in [0, 0.05) is 23.1 Å². The lowest BCUT2D eigenvalue weighted by molar-refractivity contribution is 0.280. The van der Waals surface area contributed by atoms with Crippen LogP contribution in [0.1, 0.15) is 25.2 Å². The van der Waals surface area contributed by atoms with Gasteiger partial charge in [-0.15, -0.1) is 0 Å². The molecule has 6 heteroatoms. The van der Waals surface area contributed by atoms with Gasteiger partial charge < -0.3 is 10.5 Å². The van der Waals surface area contributed by atoms with Gasteiger partial charge in [-0.25, -0.2) is 9.67 Å². The van der Waals surface area contributed by atoms with E-state index in [0.29, 0.717) is 19.1 Å². The Kier molecular flexibility index (Phi) is 5.14. The molecule has 0 bridgehead atoms. The average molecular weight is 339 g/mol. The van der Waals surface area contributed by atoms with Gasteiger partial charge in [0.1, 0.15) is 18.7 Å². The summed E-state index contributed by atoms with van der Waals surface area (Å²) in [5.41, 5.74) is 6.70. The lowest BCUT2D eigenvalue weighted by Crippen LogP contribution is -2.13. The smallest absolute Gasteiger partial charge is 0.164 e. The van der Waals surface area contributed by atoms with Crippen molar-refractivity contribution in [3.05, 3.63) is 40.4 Å². The maximum absolute atomic E-state index is 5.83. The average Bonchev–Trinajstić information content (AvgIpc) is 2.83. The number of nitrogens with two attached hydrogens (primary N) is 1. The van der Waals surface area contributed by atoms with Crippen molar-refractivity contribution in [1.29, 1.82) is 0 Å². The predicted molar refractivity (Wildman–Crippen MR) is 81.2 cm³/mol. The number of ether oxygens (including phenoxy) is 1. The minimum absolute atomic E-state index is 0.390. The Labute approximate surface area is 127 Å². The van der Waals surface area contributed by atoms with Crippen molar-refractivity contribution < 1.29 is 4.74 Å². The Morgan fingerprint density at radius 1 is 1.40 bits per heavy atom. The Bertz CT molecular complexity index is 568. The molecule has 0 amide bonds. The van der Waals surface area contributed by atoms with Crippen LogP contribution in [0.3, 0.4) is 0 Å². The molecule has 20 heavy (non-hydrogen) atoms. The zero-order chi connectivity index (χ0) is 14.5. The van der Waals surface area contributed by atoms with Crippen molar-refractivity contribution >= 4 is 15.9 Å². The Hall–Kier alpha value is -1.40. The molecule has 1 heterocycles. The van der Waals surface area contributed by atoms with Crippen LogP contribution in [0.15, 0.2) is 29.0 Å². The van der Waals surface area contributed by atoms with Gasteiger partial charge in [0.15, 0.2) is 5.82 Å². The van der Waals surface area contributed by atoms with Crippen LogP contribution in [0.4, 0.5) is 0 Å². The number of aromatic nitrogens is 3. The normalized spacial score (nSPS) is 11.1. The number of hydrogen-bond donors (Lipinski definition) is 1. The van der Waals surface area contributed by atoms with Gasteiger partial charge in [0.2, 0.25) is 0 Å². The summed E-state index contributed by atoms with van der Waals surface area (Å²) < 4.78 is 8.70. The molecule has 0 aliphatic rings. The lowest BCUT2D eigenvalue weighted by Gasteiger charge is -2.12.